The number of hydrogen-bond acceptors (Lipinski definition) is 4. The van der Waals surface area contributed by atoms with Gasteiger partial charge in [0.1, 0.15) is 0 Å². The summed E-state index contributed by atoms with van der Waals surface area (Å²) in [5, 5.41) is 0. The number of rotatable bonds is 3. The normalized spacial score (nSPS) is 13.9. The number of ether oxygens (including phenoxy) is 1. The smallest absolute Gasteiger partial charge is 0.336 e. The quantitative estimate of drug-likeness (QED) is 0.468. The number of pyridine rings is 1. The topological polar surface area (TPSA) is 54.8 Å². The lowest BCUT2D eigenvalue weighted by atomic mass is 10.1. The molecule has 1 aliphatic rings. The molecule has 0 amide bonds. The van der Waals surface area contributed by atoms with Crippen LogP contribution in [-0.2, 0) is 16.0 Å². The van der Waals surface area contributed by atoms with Crippen molar-refractivity contribution < 1.29 is 9.53 Å². The molecule has 100 valence electrons. The van der Waals surface area contributed by atoms with Crippen molar-refractivity contribution in [3.05, 3.63) is 34.7 Å². The molecule has 1 heterocycles. The number of esters is 1. The fraction of sp³-hybridized carbons (Fsp3) is 0.357. The van der Waals surface area contributed by atoms with Gasteiger partial charge in [0.15, 0.2) is 0 Å². The van der Waals surface area contributed by atoms with Crippen molar-refractivity contribution in [1.82, 2.24) is 9.88 Å². The van der Waals surface area contributed by atoms with E-state index < -0.39 is 0 Å². The molecular formula is C14H17N3O2. The molecule has 5 heteroatoms. The molecule has 0 spiro atoms. The van der Waals surface area contributed by atoms with Crippen molar-refractivity contribution >= 4 is 18.0 Å². The predicted octanol–water partition coefficient (Wildman–Crippen LogP) is 1.42. The maximum atomic E-state index is 11.9. The first kappa shape index (κ1) is 13.3. The fourth-order valence-electron chi connectivity index (χ4n) is 2.08. The number of methoxy groups -OCH3 is 1. The van der Waals surface area contributed by atoms with Gasteiger partial charge in [-0.25, -0.2) is 9.79 Å². The Morgan fingerprint density at radius 1 is 1.53 bits per heavy atom. The number of fused-ring (bicyclic) bond motifs is 1. The molecule has 0 saturated heterocycles. The van der Waals surface area contributed by atoms with Crippen LogP contribution in [0.25, 0.3) is 5.70 Å². The van der Waals surface area contributed by atoms with Gasteiger partial charge < -0.3 is 9.64 Å². The lowest BCUT2D eigenvalue weighted by Gasteiger charge is -2.07. The van der Waals surface area contributed by atoms with Gasteiger partial charge in [0.2, 0.25) is 0 Å². The molecule has 2 rings (SSSR count). The van der Waals surface area contributed by atoms with Crippen molar-refractivity contribution in [2.45, 2.75) is 13.3 Å². The molecule has 0 bridgehead atoms. The molecule has 1 aliphatic carbocycles. The lowest BCUT2D eigenvalue weighted by molar-refractivity contribution is -0.136. The van der Waals surface area contributed by atoms with E-state index in [0.717, 1.165) is 16.8 Å². The van der Waals surface area contributed by atoms with Gasteiger partial charge in [0.05, 0.1) is 30.4 Å². The third-order valence-electron chi connectivity index (χ3n) is 2.95. The van der Waals surface area contributed by atoms with E-state index in [1.54, 1.807) is 12.5 Å². The monoisotopic (exact) mass is 259 g/mol. The summed E-state index contributed by atoms with van der Waals surface area (Å²) in [6.45, 7) is 1.99. The lowest BCUT2D eigenvalue weighted by Crippen LogP contribution is -2.09. The van der Waals surface area contributed by atoms with E-state index >= 15 is 0 Å². The number of hydrogen-bond donors (Lipinski definition) is 0. The number of aromatic nitrogens is 1. The van der Waals surface area contributed by atoms with Crippen molar-refractivity contribution in [2.75, 3.05) is 21.2 Å². The van der Waals surface area contributed by atoms with Crippen LogP contribution in [0.3, 0.4) is 0 Å². The third kappa shape index (κ3) is 2.50. The molecule has 0 aromatic carbocycles. The molecule has 0 aliphatic heterocycles. The Balaban J connectivity index is 2.54. The van der Waals surface area contributed by atoms with E-state index in [1.165, 1.54) is 7.11 Å². The summed E-state index contributed by atoms with van der Waals surface area (Å²) >= 11 is 0. The van der Waals surface area contributed by atoms with Crippen LogP contribution in [0.5, 0.6) is 0 Å². The highest BCUT2D eigenvalue weighted by Crippen LogP contribution is 2.35. The van der Waals surface area contributed by atoms with Gasteiger partial charge in [-0.05, 0) is 18.6 Å². The summed E-state index contributed by atoms with van der Waals surface area (Å²) < 4.78 is 4.83. The second-order valence-electron chi connectivity index (χ2n) is 4.65. The van der Waals surface area contributed by atoms with Crippen molar-refractivity contribution in [1.29, 1.82) is 0 Å². The largest absolute Gasteiger partial charge is 0.466 e. The fourth-order valence-corrected chi connectivity index (χ4v) is 2.08. The van der Waals surface area contributed by atoms with Crippen LogP contribution < -0.4 is 0 Å². The van der Waals surface area contributed by atoms with Crippen LogP contribution >= 0.6 is 0 Å². The van der Waals surface area contributed by atoms with Crippen LogP contribution in [0.4, 0.5) is 0 Å². The van der Waals surface area contributed by atoms with Crippen LogP contribution in [0.2, 0.25) is 0 Å². The Morgan fingerprint density at radius 2 is 2.26 bits per heavy atom. The van der Waals surface area contributed by atoms with E-state index in [4.69, 9.17) is 4.74 Å². The molecule has 0 unspecified atom stereocenters. The highest BCUT2D eigenvalue weighted by atomic mass is 16.5. The zero-order valence-corrected chi connectivity index (χ0v) is 11.6. The Hall–Kier alpha value is -2.17. The van der Waals surface area contributed by atoms with Crippen LogP contribution in [0.15, 0.2) is 22.8 Å². The van der Waals surface area contributed by atoms with Crippen LogP contribution in [0.1, 0.15) is 16.8 Å². The number of carbonyl (C=O) groups excluding carboxylic acids is 1. The summed E-state index contributed by atoms with van der Waals surface area (Å²) in [7, 11) is 5.15. The maximum absolute atomic E-state index is 11.9. The van der Waals surface area contributed by atoms with Crippen molar-refractivity contribution in [3.63, 3.8) is 0 Å². The highest BCUT2D eigenvalue weighted by Gasteiger charge is 2.28. The standard InChI is InChI=1S/C14H17N3O2/c1-9-5-6-15-11-7-10(14(18)19-4)13(12(9)11)16-8-17(2)3/h5-6,8H,7H2,1-4H3. The van der Waals surface area contributed by atoms with E-state index in [9.17, 15) is 4.79 Å². The van der Waals surface area contributed by atoms with Crippen LogP contribution in [-0.4, -0.2) is 43.4 Å². The third-order valence-corrected chi connectivity index (χ3v) is 2.95. The van der Waals surface area contributed by atoms with Crippen molar-refractivity contribution in [2.24, 2.45) is 4.99 Å². The second kappa shape index (κ2) is 5.22. The van der Waals surface area contributed by atoms with Gasteiger partial charge in [0.25, 0.3) is 0 Å². The first-order chi connectivity index (χ1) is 9.04. The molecule has 5 nitrogen and oxygen atoms in total. The Labute approximate surface area is 112 Å². The molecule has 0 saturated carbocycles. The summed E-state index contributed by atoms with van der Waals surface area (Å²) in [4.78, 5) is 22.4. The average molecular weight is 259 g/mol. The molecule has 0 fully saturated rings. The maximum Gasteiger partial charge on any atom is 0.336 e. The molecule has 1 aromatic rings. The van der Waals surface area contributed by atoms with Gasteiger partial charge in [-0.1, -0.05) is 0 Å². The Kier molecular flexibility index (Phi) is 3.64. The minimum absolute atomic E-state index is 0.344. The summed E-state index contributed by atoms with van der Waals surface area (Å²) in [5.41, 5.74) is 4.13. The van der Waals surface area contributed by atoms with E-state index in [-0.39, 0.29) is 5.97 Å². The number of aryl methyl sites for hydroxylation is 1. The number of carbonyl (C=O) groups is 1. The Bertz CT molecular complexity index is 574. The van der Waals surface area contributed by atoms with Gasteiger partial charge in [-0.15, -0.1) is 0 Å². The number of nitrogens with zero attached hydrogens (tertiary/aromatic N) is 3. The minimum Gasteiger partial charge on any atom is -0.466 e. The SMILES string of the molecule is COC(=O)C1=C(N=CN(C)C)c2c(C)ccnc2C1. The zero-order chi connectivity index (χ0) is 14.0. The molecule has 0 atom stereocenters. The zero-order valence-electron chi connectivity index (χ0n) is 11.6. The first-order valence-corrected chi connectivity index (χ1v) is 6.01. The van der Waals surface area contributed by atoms with Gasteiger partial charge in [0, 0.05) is 32.3 Å². The van der Waals surface area contributed by atoms with E-state index in [1.807, 2.05) is 32.0 Å². The average Bonchev–Trinajstić information content (AvgIpc) is 2.75. The first-order valence-electron chi connectivity index (χ1n) is 6.01. The predicted molar refractivity (Wildman–Crippen MR) is 73.8 cm³/mol. The van der Waals surface area contributed by atoms with E-state index in [2.05, 4.69) is 9.98 Å². The number of aliphatic imine (C=N–C) groups is 1. The van der Waals surface area contributed by atoms with Crippen LogP contribution in [0, 0.1) is 6.92 Å². The van der Waals surface area contributed by atoms with Gasteiger partial charge in [-0.2, -0.15) is 0 Å². The molecular weight excluding hydrogens is 242 g/mol. The second-order valence-corrected chi connectivity index (χ2v) is 4.65. The Morgan fingerprint density at radius 3 is 2.89 bits per heavy atom. The molecule has 0 radical (unpaired) electrons. The highest BCUT2D eigenvalue weighted by molar-refractivity contribution is 6.01. The van der Waals surface area contributed by atoms with Gasteiger partial charge in [-0.3, -0.25) is 4.98 Å². The van der Waals surface area contributed by atoms with Gasteiger partial charge >= 0.3 is 5.97 Å². The summed E-state index contributed by atoms with van der Waals surface area (Å²) in [6, 6.07) is 1.92. The molecule has 0 N–H and O–H groups in total. The van der Waals surface area contributed by atoms with E-state index in [0.29, 0.717) is 17.7 Å². The molecule has 1 aromatic heterocycles. The van der Waals surface area contributed by atoms with Crippen molar-refractivity contribution in [3.8, 4) is 0 Å². The molecule has 19 heavy (non-hydrogen) atoms. The summed E-state index contributed by atoms with van der Waals surface area (Å²) in [6.07, 6.45) is 3.91. The summed E-state index contributed by atoms with van der Waals surface area (Å²) in [5.74, 6) is -0.344. The minimum atomic E-state index is -0.344.